The van der Waals surface area contributed by atoms with Crippen LogP contribution >= 0.6 is 0 Å². The van der Waals surface area contributed by atoms with Crippen LogP contribution in [0, 0.1) is 24.4 Å². The second-order valence-corrected chi connectivity index (χ2v) is 13.8. The summed E-state index contributed by atoms with van der Waals surface area (Å²) in [7, 11) is 1.29. The van der Waals surface area contributed by atoms with Crippen molar-refractivity contribution < 1.29 is 27.4 Å². The lowest BCUT2D eigenvalue weighted by Crippen LogP contribution is -2.63. The Balaban J connectivity index is 1.67. The van der Waals surface area contributed by atoms with E-state index in [0.29, 0.717) is 22.6 Å². The average molecular weight is 664 g/mol. The minimum Gasteiger partial charge on any atom is -0.496 e. The van der Waals surface area contributed by atoms with Crippen LogP contribution in [0.5, 0.6) is 5.75 Å². The Labute approximate surface area is 277 Å². The summed E-state index contributed by atoms with van der Waals surface area (Å²) in [5.41, 5.74) is -0.470. The molecule has 254 valence electrons. The van der Waals surface area contributed by atoms with E-state index in [1.165, 1.54) is 23.8 Å². The highest BCUT2D eigenvalue weighted by Gasteiger charge is 2.42. The van der Waals surface area contributed by atoms with Gasteiger partial charge in [-0.05, 0) is 70.4 Å². The molecule has 2 aromatic heterocycles. The van der Waals surface area contributed by atoms with Crippen LogP contribution in [0.3, 0.4) is 0 Å². The van der Waals surface area contributed by atoms with Crippen molar-refractivity contribution in [3.05, 3.63) is 75.6 Å². The largest absolute Gasteiger partial charge is 0.496 e. The number of hydrogen-bond donors (Lipinski definition) is 1. The number of halogens is 3. The molecule has 2 aromatic carbocycles. The van der Waals surface area contributed by atoms with Gasteiger partial charge in [0.25, 0.3) is 5.56 Å². The number of carbonyl (C=O) groups is 1. The molecule has 9 nitrogen and oxygen atoms in total. The first-order valence-corrected chi connectivity index (χ1v) is 16.0. The number of rotatable bonds is 4. The van der Waals surface area contributed by atoms with Gasteiger partial charge < -0.3 is 24.6 Å². The fourth-order valence-electron chi connectivity index (χ4n) is 6.84. The molecule has 48 heavy (non-hydrogen) atoms. The number of ether oxygens (including phenoxy) is 2. The Bertz CT molecular complexity index is 2010. The Morgan fingerprint density at radius 3 is 2.46 bits per heavy atom. The lowest BCUT2D eigenvalue weighted by molar-refractivity contribution is 0.0128. The van der Waals surface area contributed by atoms with Crippen LogP contribution in [-0.4, -0.2) is 65.0 Å². The van der Waals surface area contributed by atoms with Gasteiger partial charge >= 0.3 is 6.09 Å². The number of benzene rings is 2. The number of aryl methyl sites for hydroxylation is 1. The van der Waals surface area contributed by atoms with E-state index < -0.39 is 45.8 Å². The van der Waals surface area contributed by atoms with Crippen molar-refractivity contribution in [3.63, 3.8) is 0 Å². The van der Waals surface area contributed by atoms with Gasteiger partial charge in [-0.15, -0.1) is 0 Å². The highest BCUT2D eigenvalue weighted by Crippen LogP contribution is 2.45. The first-order chi connectivity index (χ1) is 22.6. The zero-order valence-electron chi connectivity index (χ0n) is 28.4. The Morgan fingerprint density at radius 2 is 1.79 bits per heavy atom. The number of anilines is 2. The van der Waals surface area contributed by atoms with Crippen molar-refractivity contribution in [1.29, 1.82) is 0 Å². The third-order valence-electron chi connectivity index (χ3n) is 8.97. The summed E-state index contributed by atoms with van der Waals surface area (Å²) < 4.78 is 61.4. The number of fused-ring (bicyclic) bond motifs is 5. The molecule has 0 aliphatic carbocycles. The second-order valence-electron chi connectivity index (χ2n) is 13.8. The van der Waals surface area contributed by atoms with Gasteiger partial charge in [-0.25, -0.2) is 18.0 Å². The van der Waals surface area contributed by atoms with Gasteiger partial charge in [0.1, 0.15) is 28.7 Å². The van der Waals surface area contributed by atoms with Crippen molar-refractivity contribution in [2.45, 2.75) is 72.1 Å². The van der Waals surface area contributed by atoms with Crippen LogP contribution in [0.1, 0.15) is 58.7 Å². The summed E-state index contributed by atoms with van der Waals surface area (Å²) in [6.45, 7) is 13.7. The molecular weight excluding hydrogens is 623 g/mol. The molecule has 0 unspecified atom stereocenters. The van der Waals surface area contributed by atoms with Crippen molar-refractivity contribution in [1.82, 2.24) is 14.5 Å². The highest BCUT2D eigenvalue weighted by molar-refractivity contribution is 6.03. The number of pyridine rings is 2. The molecule has 1 saturated heterocycles. The normalized spacial score (nSPS) is 17.7. The number of hydrogen-bond acceptors (Lipinski definition) is 7. The second kappa shape index (κ2) is 12.1. The zero-order chi connectivity index (χ0) is 34.8. The lowest BCUT2D eigenvalue weighted by Gasteiger charge is -2.49. The topological polar surface area (TPSA) is 88.9 Å². The molecule has 0 bridgehead atoms. The summed E-state index contributed by atoms with van der Waals surface area (Å²) in [4.78, 5) is 36.0. The van der Waals surface area contributed by atoms with Crippen molar-refractivity contribution in [2.24, 2.45) is 0 Å². The maximum atomic E-state index is 17.3. The minimum atomic E-state index is -1.12. The summed E-state index contributed by atoms with van der Waals surface area (Å²) in [6, 6.07) is 6.09. The molecule has 12 heteroatoms. The SMILES string of the molecule is COc1cccc(F)c1-c1c(F)cc2c3c(c(=O)n(-c4c(C)ccnc4C(C)C)c2c1F)NC[C@H]1CN(C(=O)OC(C)(C)C)[C@H](C)CN31. The maximum Gasteiger partial charge on any atom is 0.410 e. The number of nitrogens with one attached hydrogen (secondary N) is 1. The quantitative estimate of drug-likeness (QED) is 0.248. The summed E-state index contributed by atoms with van der Waals surface area (Å²) in [6.07, 6.45) is 1.16. The molecule has 1 N–H and O–H groups in total. The van der Waals surface area contributed by atoms with Gasteiger partial charge in [-0.3, -0.25) is 14.3 Å². The molecule has 2 aliphatic rings. The predicted octanol–water partition coefficient (Wildman–Crippen LogP) is 7.15. The minimum absolute atomic E-state index is 0.0618. The summed E-state index contributed by atoms with van der Waals surface area (Å²) in [5, 5.41) is 3.35. The summed E-state index contributed by atoms with van der Waals surface area (Å²) >= 11 is 0. The molecule has 0 saturated carbocycles. The number of carbonyl (C=O) groups excluding carboxylic acids is 1. The van der Waals surface area contributed by atoms with Crippen LogP contribution < -0.4 is 20.5 Å². The van der Waals surface area contributed by atoms with Crippen LogP contribution in [0.25, 0.3) is 27.7 Å². The van der Waals surface area contributed by atoms with Gasteiger partial charge in [0, 0.05) is 37.3 Å². The molecule has 4 heterocycles. The number of nitrogens with zero attached hydrogens (tertiary/aromatic N) is 4. The Hall–Kier alpha value is -4.74. The molecule has 1 fully saturated rings. The number of piperazine rings is 1. The molecule has 2 aliphatic heterocycles. The van der Waals surface area contributed by atoms with Crippen LogP contribution in [0.15, 0.2) is 41.3 Å². The molecule has 4 aromatic rings. The third kappa shape index (κ3) is 5.40. The van der Waals surface area contributed by atoms with E-state index in [4.69, 9.17) is 9.47 Å². The molecule has 2 atom stereocenters. The highest BCUT2D eigenvalue weighted by atomic mass is 19.1. The van der Waals surface area contributed by atoms with Crippen molar-refractivity contribution >= 4 is 28.4 Å². The third-order valence-corrected chi connectivity index (χ3v) is 8.97. The van der Waals surface area contributed by atoms with E-state index in [1.807, 2.05) is 25.7 Å². The van der Waals surface area contributed by atoms with Gasteiger partial charge in [-0.1, -0.05) is 19.9 Å². The molecule has 1 amide bonds. The number of methoxy groups -OCH3 is 1. The smallest absolute Gasteiger partial charge is 0.410 e. The van der Waals surface area contributed by atoms with Gasteiger partial charge in [0.15, 0.2) is 5.82 Å². The maximum absolute atomic E-state index is 17.3. The van der Waals surface area contributed by atoms with Crippen molar-refractivity contribution in [3.8, 4) is 22.6 Å². The van der Waals surface area contributed by atoms with Crippen LogP contribution in [0.4, 0.5) is 29.3 Å². The lowest BCUT2D eigenvalue weighted by atomic mass is 9.95. The van der Waals surface area contributed by atoms with Crippen LogP contribution in [0.2, 0.25) is 0 Å². The monoisotopic (exact) mass is 663 g/mol. The van der Waals surface area contributed by atoms with Crippen molar-refractivity contribution in [2.75, 3.05) is 37.0 Å². The molecule has 6 rings (SSSR count). The Morgan fingerprint density at radius 1 is 1.06 bits per heavy atom. The number of amides is 1. The molecule has 0 spiro atoms. The van der Waals surface area contributed by atoms with Crippen LogP contribution in [-0.2, 0) is 4.74 Å². The van der Waals surface area contributed by atoms with E-state index in [9.17, 15) is 9.59 Å². The first kappa shape index (κ1) is 33.2. The van der Waals surface area contributed by atoms with Gasteiger partial charge in [0.05, 0.1) is 46.9 Å². The standard InChI is InChI=1S/C36H40F3N5O4/c1-18(2)29-31(19(3)12-13-40-29)44-32-22(14-24(38)27(28(32)39)26-23(37)10-9-11-25(26)47-8)33-30(34(44)45)41-15-21-17-42(20(4)16-43(21)33)35(46)48-36(5,6)7/h9-14,18,20-21,41H,15-17H2,1-8H3/t20-,21+/m1/s1. The fourth-order valence-corrected chi connectivity index (χ4v) is 6.84. The van der Waals surface area contributed by atoms with E-state index in [1.54, 1.807) is 44.9 Å². The fraction of sp³-hybridized carbons (Fsp3) is 0.417. The molecular formula is C36H40F3N5O4. The summed E-state index contributed by atoms with van der Waals surface area (Å²) in [5.74, 6) is -3.24. The Kier molecular flexibility index (Phi) is 8.33. The first-order valence-electron chi connectivity index (χ1n) is 16.0. The van der Waals surface area contributed by atoms with E-state index in [-0.39, 0.29) is 60.0 Å². The number of aromatic nitrogens is 2. The molecule has 0 radical (unpaired) electrons. The van der Waals surface area contributed by atoms with Gasteiger partial charge in [0.2, 0.25) is 0 Å². The van der Waals surface area contributed by atoms with E-state index >= 15 is 13.2 Å². The van der Waals surface area contributed by atoms with Gasteiger partial charge in [-0.2, -0.15) is 0 Å². The van der Waals surface area contributed by atoms with E-state index in [2.05, 4.69) is 10.3 Å². The van der Waals surface area contributed by atoms with E-state index in [0.717, 1.165) is 12.1 Å². The zero-order valence-corrected chi connectivity index (χ0v) is 28.4. The predicted molar refractivity (Wildman–Crippen MR) is 180 cm³/mol. The average Bonchev–Trinajstić information content (AvgIpc) is 3.01.